The number of hydrogen-bond acceptors (Lipinski definition) is 3. The molecule has 2 aromatic carbocycles. The van der Waals surface area contributed by atoms with Crippen molar-refractivity contribution < 1.29 is 4.74 Å². The van der Waals surface area contributed by atoms with Gasteiger partial charge in [-0.3, -0.25) is 4.98 Å². The molecule has 1 aromatic heterocycles. The number of ether oxygens (including phenoxy) is 1. The average molecular weight is 292 g/mol. The van der Waals surface area contributed by atoms with Gasteiger partial charge in [0.05, 0.1) is 6.61 Å². The van der Waals surface area contributed by atoms with Crippen molar-refractivity contribution in [2.24, 2.45) is 5.73 Å². The van der Waals surface area contributed by atoms with Crippen molar-refractivity contribution in [2.45, 2.75) is 19.4 Å². The Labute approximate surface area is 130 Å². The summed E-state index contributed by atoms with van der Waals surface area (Å²) >= 11 is 0. The number of pyridine rings is 1. The van der Waals surface area contributed by atoms with Crippen molar-refractivity contribution in [3.8, 4) is 5.75 Å². The normalized spacial score (nSPS) is 12.3. The fraction of sp³-hybridized carbons (Fsp3) is 0.211. The predicted molar refractivity (Wildman–Crippen MR) is 90.0 cm³/mol. The van der Waals surface area contributed by atoms with Gasteiger partial charge in [0.2, 0.25) is 0 Å². The summed E-state index contributed by atoms with van der Waals surface area (Å²) in [7, 11) is 0. The molecule has 0 bridgehead atoms. The summed E-state index contributed by atoms with van der Waals surface area (Å²) in [6, 6.07) is 16.4. The molecule has 1 heterocycles. The Bertz CT molecular complexity index is 756. The Balaban J connectivity index is 2.02. The van der Waals surface area contributed by atoms with Gasteiger partial charge in [0, 0.05) is 24.0 Å². The van der Waals surface area contributed by atoms with E-state index in [-0.39, 0.29) is 6.04 Å². The van der Waals surface area contributed by atoms with Crippen LogP contribution < -0.4 is 10.5 Å². The van der Waals surface area contributed by atoms with Crippen molar-refractivity contribution in [2.75, 3.05) is 6.61 Å². The van der Waals surface area contributed by atoms with Crippen molar-refractivity contribution in [1.29, 1.82) is 0 Å². The highest BCUT2D eigenvalue weighted by molar-refractivity contribution is 5.87. The predicted octanol–water partition coefficient (Wildman–Crippen LogP) is 3.88. The molecule has 112 valence electrons. The summed E-state index contributed by atoms with van der Waals surface area (Å²) in [4.78, 5) is 4.05. The van der Waals surface area contributed by atoms with E-state index in [4.69, 9.17) is 10.5 Å². The standard InChI is InChI=1S/C19H20N2O/c1-2-22-19-8-7-14-5-3-4-6-16(14)17(19)13-18(20)15-9-11-21-12-10-15/h3-12,18H,2,13,20H2,1H3. The van der Waals surface area contributed by atoms with E-state index in [0.29, 0.717) is 6.61 Å². The van der Waals surface area contributed by atoms with Gasteiger partial charge in [-0.1, -0.05) is 30.3 Å². The van der Waals surface area contributed by atoms with E-state index in [2.05, 4.69) is 35.3 Å². The van der Waals surface area contributed by atoms with Crippen molar-refractivity contribution >= 4 is 10.8 Å². The topological polar surface area (TPSA) is 48.1 Å². The second-order valence-corrected chi connectivity index (χ2v) is 5.29. The van der Waals surface area contributed by atoms with Crippen LogP contribution in [-0.4, -0.2) is 11.6 Å². The van der Waals surface area contributed by atoms with E-state index < -0.39 is 0 Å². The maximum atomic E-state index is 6.40. The SMILES string of the molecule is CCOc1ccc2ccccc2c1CC(N)c1ccncc1. The number of benzene rings is 2. The number of nitrogens with two attached hydrogens (primary N) is 1. The molecule has 1 atom stereocenters. The van der Waals surface area contributed by atoms with Crippen LogP contribution in [-0.2, 0) is 6.42 Å². The summed E-state index contributed by atoms with van der Waals surface area (Å²) < 4.78 is 5.81. The Morgan fingerprint density at radius 1 is 1.05 bits per heavy atom. The molecule has 2 N–H and O–H groups in total. The first kappa shape index (κ1) is 14.5. The molecule has 0 spiro atoms. The lowest BCUT2D eigenvalue weighted by Gasteiger charge is -2.17. The third kappa shape index (κ3) is 2.95. The molecule has 3 rings (SSSR count). The lowest BCUT2D eigenvalue weighted by atomic mass is 9.95. The first-order valence-corrected chi connectivity index (χ1v) is 7.58. The van der Waals surface area contributed by atoms with Gasteiger partial charge in [-0.2, -0.15) is 0 Å². The summed E-state index contributed by atoms with van der Waals surface area (Å²) in [5.74, 6) is 0.922. The fourth-order valence-electron chi connectivity index (χ4n) is 2.77. The molecule has 0 amide bonds. The van der Waals surface area contributed by atoms with Crippen molar-refractivity contribution in [3.05, 3.63) is 72.1 Å². The zero-order valence-electron chi connectivity index (χ0n) is 12.7. The van der Waals surface area contributed by atoms with Crippen LogP contribution in [0, 0.1) is 0 Å². The molecule has 22 heavy (non-hydrogen) atoms. The van der Waals surface area contributed by atoms with Gasteiger partial charge < -0.3 is 10.5 Å². The van der Waals surface area contributed by atoms with Gasteiger partial charge in [-0.25, -0.2) is 0 Å². The molecule has 0 aliphatic carbocycles. The molecule has 3 heteroatoms. The Hall–Kier alpha value is -2.39. The highest BCUT2D eigenvalue weighted by Gasteiger charge is 2.14. The molecule has 3 nitrogen and oxygen atoms in total. The fourth-order valence-corrected chi connectivity index (χ4v) is 2.77. The molecule has 0 saturated carbocycles. The Morgan fingerprint density at radius 2 is 1.82 bits per heavy atom. The maximum absolute atomic E-state index is 6.40. The van der Waals surface area contributed by atoms with Crippen LogP contribution in [0.5, 0.6) is 5.75 Å². The third-order valence-electron chi connectivity index (χ3n) is 3.86. The van der Waals surface area contributed by atoms with Crippen LogP contribution in [0.4, 0.5) is 0 Å². The lowest BCUT2D eigenvalue weighted by Crippen LogP contribution is -2.14. The summed E-state index contributed by atoms with van der Waals surface area (Å²) in [5, 5.41) is 2.42. The van der Waals surface area contributed by atoms with Gasteiger partial charge in [0.25, 0.3) is 0 Å². The van der Waals surface area contributed by atoms with Crippen LogP contribution in [0.3, 0.4) is 0 Å². The molecule has 0 aliphatic heterocycles. The molecule has 0 fully saturated rings. The molecule has 0 radical (unpaired) electrons. The minimum Gasteiger partial charge on any atom is -0.494 e. The average Bonchev–Trinajstić information content (AvgIpc) is 2.58. The monoisotopic (exact) mass is 292 g/mol. The highest BCUT2D eigenvalue weighted by atomic mass is 16.5. The van der Waals surface area contributed by atoms with Gasteiger partial charge in [-0.05, 0) is 47.9 Å². The first-order chi connectivity index (χ1) is 10.8. The number of rotatable bonds is 5. The Kier molecular flexibility index (Phi) is 4.35. The molecule has 3 aromatic rings. The minimum absolute atomic E-state index is 0.0759. The zero-order valence-corrected chi connectivity index (χ0v) is 12.7. The van der Waals surface area contributed by atoms with Gasteiger partial charge in [0.15, 0.2) is 0 Å². The van der Waals surface area contributed by atoms with Crippen LogP contribution in [0.15, 0.2) is 60.9 Å². The summed E-state index contributed by atoms with van der Waals surface area (Å²) in [6.45, 7) is 2.65. The molecular formula is C19H20N2O. The molecule has 1 unspecified atom stereocenters. The van der Waals surface area contributed by atoms with E-state index in [1.807, 2.05) is 25.1 Å². The molecule has 0 aliphatic rings. The molecular weight excluding hydrogens is 272 g/mol. The van der Waals surface area contributed by atoms with Crippen LogP contribution >= 0.6 is 0 Å². The second kappa shape index (κ2) is 6.58. The van der Waals surface area contributed by atoms with Crippen molar-refractivity contribution in [3.63, 3.8) is 0 Å². The van der Waals surface area contributed by atoms with Gasteiger partial charge in [-0.15, -0.1) is 0 Å². The summed E-state index contributed by atoms with van der Waals surface area (Å²) in [5.41, 5.74) is 8.66. The lowest BCUT2D eigenvalue weighted by molar-refractivity contribution is 0.336. The number of aromatic nitrogens is 1. The minimum atomic E-state index is -0.0759. The van der Waals surface area contributed by atoms with Crippen LogP contribution in [0.25, 0.3) is 10.8 Å². The largest absolute Gasteiger partial charge is 0.494 e. The first-order valence-electron chi connectivity index (χ1n) is 7.58. The van der Waals surface area contributed by atoms with Crippen molar-refractivity contribution in [1.82, 2.24) is 4.98 Å². The quantitative estimate of drug-likeness (QED) is 0.776. The van der Waals surface area contributed by atoms with E-state index in [0.717, 1.165) is 17.7 Å². The number of nitrogens with zero attached hydrogens (tertiary/aromatic N) is 1. The third-order valence-corrected chi connectivity index (χ3v) is 3.86. The van der Waals surface area contributed by atoms with E-state index >= 15 is 0 Å². The van der Waals surface area contributed by atoms with E-state index in [1.54, 1.807) is 12.4 Å². The van der Waals surface area contributed by atoms with E-state index in [1.165, 1.54) is 16.3 Å². The number of fused-ring (bicyclic) bond motifs is 1. The summed E-state index contributed by atoms with van der Waals surface area (Å²) in [6.07, 6.45) is 4.30. The smallest absolute Gasteiger partial charge is 0.123 e. The van der Waals surface area contributed by atoms with Gasteiger partial charge in [0.1, 0.15) is 5.75 Å². The number of hydrogen-bond donors (Lipinski definition) is 1. The van der Waals surface area contributed by atoms with Gasteiger partial charge >= 0.3 is 0 Å². The Morgan fingerprint density at radius 3 is 2.59 bits per heavy atom. The maximum Gasteiger partial charge on any atom is 0.123 e. The highest BCUT2D eigenvalue weighted by Crippen LogP contribution is 2.31. The molecule has 0 saturated heterocycles. The second-order valence-electron chi connectivity index (χ2n) is 5.29. The van der Waals surface area contributed by atoms with E-state index in [9.17, 15) is 0 Å². The van der Waals surface area contributed by atoms with Crippen LogP contribution in [0.1, 0.15) is 24.1 Å². The zero-order chi connectivity index (χ0) is 15.4. The van der Waals surface area contributed by atoms with Crippen LogP contribution in [0.2, 0.25) is 0 Å².